The molecule has 76 valence electrons. The highest BCUT2D eigenvalue weighted by molar-refractivity contribution is 7.85. The van der Waals surface area contributed by atoms with E-state index in [4.69, 9.17) is 9.84 Å². The lowest BCUT2D eigenvalue weighted by Crippen LogP contribution is -2.18. The van der Waals surface area contributed by atoms with Crippen molar-refractivity contribution in [2.75, 3.05) is 18.1 Å². The van der Waals surface area contributed by atoms with Gasteiger partial charge in [-0.05, 0) is 12.8 Å². The molecule has 0 amide bonds. The van der Waals surface area contributed by atoms with Crippen molar-refractivity contribution in [1.29, 1.82) is 0 Å². The molecule has 0 saturated carbocycles. The molecule has 13 heavy (non-hydrogen) atoms. The SMILES string of the molecule is O=C(O)CCS(=O)CC1CCCO1. The van der Waals surface area contributed by atoms with Crippen LogP contribution >= 0.6 is 0 Å². The van der Waals surface area contributed by atoms with Crippen LogP contribution in [0, 0.1) is 0 Å². The van der Waals surface area contributed by atoms with Crippen molar-refractivity contribution in [2.45, 2.75) is 25.4 Å². The molecule has 2 unspecified atom stereocenters. The highest BCUT2D eigenvalue weighted by Gasteiger charge is 2.18. The van der Waals surface area contributed by atoms with E-state index in [2.05, 4.69) is 0 Å². The molecular formula is C8H14O4S. The van der Waals surface area contributed by atoms with E-state index >= 15 is 0 Å². The molecule has 1 saturated heterocycles. The van der Waals surface area contributed by atoms with E-state index in [0.717, 1.165) is 19.4 Å². The fraction of sp³-hybridized carbons (Fsp3) is 0.875. The summed E-state index contributed by atoms with van der Waals surface area (Å²) in [5.74, 6) is -0.150. The molecule has 5 heteroatoms. The predicted octanol–water partition coefficient (Wildman–Crippen LogP) is 0.389. The standard InChI is InChI=1S/C8H14O4S/c9-8(10)3-5-13(11)6-7-2-1-4-12-7/h7H,1-6H2,(H,9,10). The fourth-order valence-corrected chi connectivity index (χ4v) is 2.51. The fourth-order valence-electron chi connectivity index (χ4n) is 1.27. The Bertz CT molecular complexity index is 198. The van der Waals surface area contributed by atoms with Crippen LogP contribution in [0.4, 0.5) is 0 Å². The quantitative estimate of drug-likeness (QED) is 0.706. The maximum Gasteiger partial charge on any atom is 0.304 e. The molecule has 0 aromatic rings. The summed E-state index contributed by atoms with van der Waals surface area (Å²) >= 11 is 0. The summed E-state index contributed by atoms with van der Waals surface area (Å²) in [5.41, 5.74) is 0. The van der Waals surface area contributed by atoms with Gasteiger partial charge in [-0.2, -0.15) is 0 Å². The molecule has 1 heterocycles. The van der Waals surface area contributed by atoms with E-state index in [1.165, 1.54) is 0 Å². The Labute approximate surface area is 79.7 Å². The van der Waals surface area contributed by atoms with Crippen LogP contribution in [0.3, 0.4) is 0 Å². The van der Waals surface area contributed by atoms with Gasteiger partial charge in [-0.1, -0.05) is 0 Å². The highest BCUT2D eigenvalue weighted by atomic mass is 32.2. The number of hydrogen-bond donors (Lipinski definition) is 1. The molecule has 0 aliphatic carbocycles. The van der Waals surface area contributed by atoms with Crippen LogP contribution in [0.1, 0.15) is 19.3 Å². The van der Waals surface area contributed by atoms with Crippen molar-refractivity contribution in [1.82, 2.24) is 0 Å². The topological polar surface area (TPSA) is 63.6 Å². The second-order valence-corrected chi connectivity index (χ2v) is 4.71. The van der Waals surface area contributed by atoms with E-state index in [1.54, 1.807) is 0 Å². The summed E-state index contributed by atoms with van der Waals surface area (Å²) in [4.78, 5) is 10.2. The lowest BCUT2D eigenvalue weighted by Gasteiger charge is -2.07. The number of ether oxygens (including phenoxy) is 1. The molecule has 1 rings (SSSR count). The first-order valence-electron chi connectivity index (χ1n) is 4.37. The molecule has 1 aliphatic rings. The summed E-state index contributed by atoms with van der Waals surface area (Å²) in [5, 5.41) is 8.36. The first-order valence-corrected chi connectivity index (χ1v) is 5.85. The Hall–Kier alpha value is -0.420. The molecule has 2 atom stereocenters. The third kappa shape index (κ3) is 4.38. The minimum absolute atomic E-state index is 0.0146. The van der Waals surface area contributed by atoms with Gasteiger partial charge in [-0.25, -0.2) is 0 Å². The average molecular weight is 206 g/mol. The lowest BCUT2D eigenvalue weighted by atomic mass is 10.3. The van der Waals surface area contributed by atoms with Gasteiger partial charge in [0.1, 0.15) is 0 Å². The number of aliphatic carboxylic acids is 1. The summed E-state index contributed by atoms with van der Waals surface area (Å²) in [6.45, 7) is 0.751. The zero-order valence-corrected chi connectivity index (χ0v) is 8.22. The van der Waals surface area contributed by atoms with Crippen molar-refractivity contribution < 1.29 is 18.8 Å². The van der Waals surface area contributed by atoms with Gasteiger partial charge >= 0.3 is 5.97 Å². The summed E-state index contributed by atoms with van der Waals surface area (Å²) in [7, 11) is -1.04. The molecule has 4 nitrogen and oxygen atoms in total. The number of hydrogen-bond acceptors (Lipinski definition) is 3. The molecule has 0 spiro atoms. The van der Waals surface area contributed by atoms with Gasteiger partial charge in [0.15, 0.2) is 0 Å². The van der Waals surface area contributed by atoms with E-state index in [1.807, 2.05) is 0 Å². The third-order valence-electron chi connectivity index (χ3n) is 1.94. The molecule has 0 radical (unpaired) electrons. The normalized spacial score (nSPS) is 24.5. The smallest absolute Gasteiger partial charge is 0.304 e. The molecule has 1 fully saturated rings. The van der Waals surface area contributed by atoms with E-state index < -0.39 is 16.8 Å². The first kappa shape index (κ1) is 10.7. The zero-order valence-electron chi connectivity index (χ0n) is 7.40. The second-order valence-electron chi connectivity index (χ2n) is 3.09. The Morgan fingerprint density at radius 3 is 2.92 bits per heavy atom. The van der Waals surface area contributed by atoms with Crippen molar-refractivity contribution in [3.63, 3.8) is 0 Å². The number of rotatable bonds is 5. The van der Waals surface area contributed by atoms with Crippen LogP contribution in [-0.2, 0) is 20.3 Å². The van der Waals surface area contributed by atoms with E-state index in [0.29, 0.717) is 5.75 Å². The van der Waals surface area contributed by atoms with Gasteiger partial charge in [0.2, 0.25) is 0 Å². The van der Waals surface area contributed by atoms with Gasteiger partial charge in [-0.3, -0.25) is 9.00 Å². The molecule has 1 aliphatic heterocycles. The second kappa shape index (κ2) is 5.34. The van der Waals surface area contributed by atoms with Crippen molar-refractivity contribution in [2.24, 2.45) is 0 Å². The Morgan fingerprint density at radius 2 is 2.38 bits per heavy atom. The first-order chi connectivity index (χ1) is 6.18. The van der Waals surface area contributed by atoms with Gasteiger partial charge < -0.3 is 9.84 Å². The summed E-state index contributed by atoms with van der Waals surface area (Å²) in [6.07, 6.45) is 2.06. The van der Waals surface area contributed by atoms with Crippen LogP contribution in [0.15, 0.2) is 0 Å². The largest absolute Gasteiger partial charge is 0.481 e. The van der Waals surface area contributed by atoms with E-state index in [-0.39, 0.29) is 18.3 Å². The molecule has 1 N–H and O–H groups in total. The number of carboxylic acids is 1. The third-order valence-corrected chi connectivity index (χ3v) is 3.34. The molecular weight excluding hydrogens is 192 g/mol. The van der Waals surface area contributed by atoms with Gasteiger partial charge in [-0.15, -0.1) is 0 Å². The summed E-state index contributed by atoms with van der Waals surface area (Å²) < 4.78 is 16.6. The van der Waals surface area contributed by atoms with E-state index in [9.17, 15) is 9.00 Å². The number of carbonyl (C=O) groups is 1. The van der Waals surface area contributed by atoms with Crippen LogP contribution in [0.5, 0.6) is 0 Å². The monoisotopic (exact) mass is 206 g/mol. The average Bonchev–Trinajstić information content (AvgIpc) is 2.53. The molecule has 0 bridgehead atoms. The van der Waals surface area contributed by atoms with Gasteiger partial charge in [0.05, 0.1) is 12.5 Å². The minimum Gasteiger partial charge on any atom is -0.481 e. The summed E-state index contributed by atoms with van der Waals surface area (Å²) in [6, 6.07) is 0. The van der Waals surface area contributed by atoms with Crippen molar-refractivity contribution >= 4 is 16.8 Å². The zero-order chi connectivity index (χ0) is 9.68. The van der Waals surface area contributed by atoms with Crippen LogP contribution in [0.25, 0.3) is 0 Å². The maximum absolute atomic E-state index is 11.3. The molecule has 0 aromatic carbocycles. The molecule has 0 aromatic heterocycles. The number of carboxylic acid groups (broad SMARTS) is 1. The predicted molar refractivity (Wildman–Crippen MR) is 49.1 cm³/mol. The Balaban J connectivity index is 2.13. The van der Waals surface area contributed by atoms with Gasteiger partial charge in [0, 0.05) is 28.9 Å². The lowest BCUT2D eigenvalue weighted by molar-refractivity contribution is -0.136. The van der Waals surface area contributed by atoms with Crippen LogP contribution in [-0.4, -0.2) is 39.5 Å². The van der Waals surface area contributed by atoms with Crippen LogP contribution < -0.4 is 0 Å². The van der Waals surface area contributed by atoms with Crippen molar-refractivity contribution in [3.8, 4) is 0 Å². The minimum atomic E-state index is -1.04. The highest BCUT2D eigenvalue weighted by Crippen LogP contribution is 2.12. The van der Waals surface area contributed by atoms with Crippen LogP contribution in [0.2, 0.25) is 0 Å². The maximum atomic E-state index is 11.3. The Kier molecular flexibility index (Phi) is 4.38. The Morgan fingerprint density at radius 1 is 1.62 bits per heavy atom. The van der Waals surface area contributed by atoms with Gasteiger partial charge in [0.25, 0.3) is 0 Å². The van der Waals surface area contributed by atoms with Crippen molar-refractivity contribution in [3.05, 3.63) is 0 Å².